The maximum absolute atomic E-state index is 2.49. The highest BCUT2D eigenvalue weighted by atomic mass is 14.3. The Hall–Kier alpha value is -6.24. The van der Waals surface area contributed by atoms with Gasteiger partial charge < -0.3 is 0 Å². The predicted molar refractivity (Wildman–Crippen MR) is 219 cm³/mol. The van der Waals surface area contributed by atoms with Gasteiger partial charge in [-0.2, -0.15) is 0 Å². The summed E-state index contributed by atoms with van der Waals surface area (Å²) >= 11 is 0. The number of hydrogen-bond donors (Lipinski definition) is 0. The topological polar surface area (TPSA) is 0 Å². The van der Waals surface area contributed by atoms with Gasteiger partial charge in [0.1, 0.15) is 0 Å². The molecule has 0 unspecified atom stereocenters. The highest BCUT2D eigenvalue weighted by Gasteiger charge is 2.29. The Balaban J connectivity index is 1.23. The van der Waals surface area contributed by atoms with E-state index in [1.54, 1.807) is 0 Å². The van der Waals surface area contributed by atoms with Crippen molar-refractivity contribution >= 4 is 0 Å². The molecule has 10 rings (SSSR count). The Bertz CT molecular complexity index is 2400. The van der Waals surface area contributed by atoms with E-state index in [1.165, 1.54) is 100 Å². The Morgan fingerprint density at radius 1 is 0.288 bits per heavy atom. The minimum absolute atomic E-state index is 0.947. The molecule has 0 heteroatoms. The van der Waals surface area contributed by atoms with Crippen LogP contribution in [0.15, 0.2) is 182 Å². The second-order valence-corrected chi connectivity index (χ2v) is 14.2. The molecule has 0 heterocycles. The molecule has 0 saturated heterocycles. The molecule has 0 bridgehead atoms. The molecule has 0 radical (unpaired) electrons. The van der Waals surface area contributed by atoms with Crippen LogP contribution in [-0.2, 0) is 25.7 Å². The van der Waals surface area contributed by atoms with Crippen molar-refractivity contribution in [1.82, 2.24) is 0 Å². The van der Waals surface area contributed by atoms with Crippen molar-refractivity contribution in [3.05, 3.63) is 215 Å². The van der Waals surface area contributed by atoms with E-state index >= 15 is 0 Å². The highest BCUT2D eigenvalue weighted by molar-refractivity contribution is 5.95. The van der Waals surface area contributed by atoms with Gasteiger partial charge in [0.25, 0.3) is 0 Å². The average Bonchev–Trinajstić information content (AvgIpc) is 3.79. The van der Waals surface area contributed by atoms with Crippen molar-refractivity contribution in [1.29, 1.82) is 0 Å². The van der Waals surface area contributed by atoms with Crippen LogP contribution in [0, 0.1) is 0 Å². The maximum atomic E-state index is 2.49. The Morgan fingerprint density at radius 3 is 1.00 bits per heavy atom. The minimum Gasteiger partial charge on any atom is -0.0622 e. The summed E-state index contributed by atoms with van der Waals surface area (Å²) in [6.45, 7) is 0. The van der Waals surface area contributed by atoms with Crippen molar-refractivity contribution in [2.24, 2.45) is 0 Å². The van der Waals surface area contributed by atoms with Gasteiger partial charge in [-0.05, 0) is 138 Å². The molecule has 0 aromatic heterocycles. The summed E-state index contributed by atoms with van der Waals surface area (Å²) in [5, 5.41) is 0. The lowest BCUT2D eigenvalue weighted by Gasteiger charge is -2.24. The fourth-order valence-corrected chi connectivity index (χ4v) is 9.06. The van der Waals surface area contributed by atoms with E-state index in [2.05, 4.69) is 182 Å². The van der Waals surface area contributed by atoms with E-state index in [0.29, 0.717) is 0 Å². The highest BCUT2D eigenvalue weighted by Crippen LogP contribution is 2.50. The van der Waals surface area contributed by atoms with Gasteiger partial charge in [-0.25, -0.2) is 0 Å². The lowest BCUT2D eigenvalue weighted by atomic mass is 9.80. The molecule has 0 saturated carbocycles. The lowest BCUT2D eigenvalue weighted by molar-refractivity contribution is 0.933. The first-order valence-corrected chi connectivity index (χ1v) is 18.6. The Morgan fingerprint density at radius 2 is 0.615 bits per heavy atom. The molecule has 0 nitrogen and oxygen atoms in total. The van der Waals surface area contributed by atoms with Gasteiger partial charge in [0.05, 0.1) is 0 Å². The molecule has 246 valence electrons. The van der Waals surface area contributed by atoms with Crippen molar-refractivity contribution in [2.45, 2.75) is 25.7 Å². The summed E-state index contributed by atoms with van der Waals surface area (Å²) in [5.41, 5.74) is 24.8. The standard InChI is InChI=1S/C52H38/c1-5-17-35(18-6-1)45-33-49-41-27-15-13-25-39(41)31-47(49)43(51(45)37-21-9-3-10-22-37)29-30-44-48-32-40-26-14-16-28-42(40)50(48)34-46(36-19-7-2-8-20-36)52(44)38-23-11-4-12-24-38/h1-28,33-34H,29-32H2. The van der Waals surface area contributed by atoms with Crippen molar-refractivity contribution in [3.8, 4) is 66.8 Å². The van der Waals surface area contributed by atoms with E-state index in [-0.39, 0.29) is 0 Å². The third kappa shape index (κ3) is 5.14. The molecule has 0 fully saturated rings. The lowest BCUT2D eigenvalue weighted by Crippen LogP contribution is -2.06. The van der Waals surface area contributed by atoms with Gasteiger partial charge in [-0.3, -0.25) is 0 Å². The number of fused-ring (bicyclic) bond motifs is 6. The van der Waals surface area contributed by atoms with Gasteiger partial charge in [0.15, 0.2) is 0 Å². The molecule has 8 aromatic rings. The average molecular weight is 663 g/mol. The van der Waals surface area contributed by atoms with Crippen molar-refractivity contribution in [3.63, 3.8) is 0 Å². The molecular formula is C52H38. The van der Waals surface area contributed by atoms with Crippen LogP contribution in [0.4, 0.5) is 0 Å². The van der Waals surface area contributed by atoms with Crippen LogP contribution in [0.2, 0.25) is 0 Å². The molecule has 0 amide bonds. The second-order valence-electron chi connectivity index (χ2n) is 14.2. The SMILES string of the molecule is c1ccc(-c2cc3c(c(CCc4c5c(cc(-c6ccccc6)c4-c4ccccc4)-c4ccccc4C5)c2-c2ccccc2)Cc2ccccc2-3)cc1. The Labute approximate surface area is 306 Å². The Kier molecular flexibility index (Phi) is 7.54. The smallest absolute Gasteiger partial charge is 0.00105 e. The summed E-state index contributed by atoms with van der Waals surface area (Å²) in [5.74, 6) is 0. The largest absolute Gasteiger partial charge is 0.0622 e. The molecule has 52 heavy (non-hydrogen) atoms. The van der Waals surface area contributed by atoms with Gasteiger partial charge in [-0.15, -0.1) is 0 Å². The molecular weight excluding hydrogens is 625 g/mol. The van der Waals surface area contributed by atoms with E-state index in [9.17, 15) is 0 Å². The molecule has 0 atom stereocenters. The van der Waals surface area contributed by atoms with Crippen molar-refractivity contribution < 1.29 is 0 Å². The van der Waals surface area contributed by atoms with Crippen LogP contribution < -0.4 is 0 Å². The van der Waals surface area contributed by atoms with Crippen LogP contribution in [0.5, 0.6) is 0 Å². The first-order valence-electron chi connectivity index (χ1n) is 18.6. The van der Waals surface area contributed by atoms with Crippen LogP contribution in [-0.4, -0.2) is 0 Å². The van der Waals surface area contributed by atoms with Crippen LogP contribution >= 0.6 is 0 Å². The van der Waals surface area contributed by atoms with Gasteiger partial charge >= 0.3 is 0 Å². The maximum Gasteiger partial charge on any atom is -0.00105 e. The predicted octanol–water partition coefficient (Wildman–Crippen LogP) is 13.3. The van der Waals surface area contributed by atoms with Gasteiger partial charge in [0, 0.05) is 0 Å². The third-order valence-corrected chi connectivity index (χ3v) is 11.4. The first kappa shape index (κ1) is 30.6. The minimum atomic E-state index is 0.947. The van der Waals surface area contributed by atoms with E-state index < -0.39 is 0 Å². The van der Waals surface area contributed by atoms with E-state index in [4.69, 9.17) is 0 Å². The first-order chi connectivity index (χ1) is 25.8. The molecule has 8 aromatic carbocycles. The summed E-state index contributed by atoms with van der Waals surface area (Å²) in [4.78, 5) is 0. The monoisotopic (exact) mass is 662 g/mol. The van der Waals surface area contributed by atoms with Crippen LogP contribution in [0.25, 0.3) is 66.8 Å². The molecule has 0 aliphatic heterocycles. The van der Waals surface area contributed by atoms with Crippen LogP contribution in [0.1, 0.15) is 33.4 Å². The number of rotatable bonds is 7. The van der Waals surface area contributed by atoms with Gasteiger partial charge in [0.2, 0.25) is 0 Å². The summed E-state index contributed by atoms with van der Waals surface area (Å²) in [6, 6.07) is 67.4. The molecule has 0 N–H and O–H groups in total. The fraction of sp³-hybridized carbons (Fsp3) is 0.0769. The normalized spacial score (nSPS) is 12.2. The second kappa shape index (κ2) is 12.8. The molecule has 2 aliphatic carbocycles. The third-order valence-electron chi connectivity index (χ3n) is 11.4. The van der Waals surface area contributed by atoms with Gasteiger partial charge in [-0.1, -0.05) is 170 Å². The zero-order chi connectivity index (χ0) is 34.4. The number of hydrogen-bond acceptors (Lipinski definition) is 0. The fourth-order valence-electron chi connectivity index (χ4n) is 9.06. The molecule has 0 spiro atoms. The summed E-state index contributed by atoms with van der Waals surface area (Å²) < 4.78 is 0. The quantitative estimate of drug-likeness (QED) is 0.159. The van der Waals surface area contributed by atoms with Crippen molar-refractivity contribution in [2.75, 3.05) is 0 Å². The van der Waals surface area contributed by atoms with Crippen LogP contribution in [0.3, 0.4) is 0 Å². The van der Waals surface area contributed by atoms with E-state index in [0.717, 1.165) is 25.7 Å². The number of benzene rings is 8. The van der Waals surface area contributed by atoms with E-state index in [1.807, 2.05) is 0 Å². The zero-order valence-corrected chi connectivity index (χ0v) is 29.1. The summed E-state index contributed by atoms with van der Waals surface area (Å²) in [7, 11) is 0. The zero-order valence-electron chi connectivity index (χ0n) is 29.1. The summed E-state index contributed by atoms with van der Waals surface area (Å²) in [6.07, 6.45) is 3.83. The molecule has 2 aliphatic rings.